The summed E-state index contributed by atoms with van der Waals surface area (Å²) in [6.45, 7) is 1.04. The fourth-order valence-corrected chi connectivity index (χ4v) is 2.23. The van der Waals surface area contributed by atoms with Crippen LogP contribution in [0, 0.1) is 0 Å². The van der Waals surface area contributed by atoms with Crippen molar-refractivity contribution >= 4 is 11.8 Å². The second kappa shape index (κ2) is 7.98. The summed E-state index contributed by atoms with van der Waals surface area (Å²) in [7, 11) is 0. The summed E-state index contributed by atoms with van der Waals surface area (Å²) in [6, 6.07) is 19.6. The Morgan fingerprint density at radius 3 is 1.64 bits per heavy atom. The maximum atomic E-state index is 12.4. The number of hydrogen-bond donors (Lipinski definition) is 1. The molecular weight excluding hydrogens is 276 g/mol. The van der Waals surface area contributed by atoms with Gasteiger partial charge in [-0.25, -0.2) is 0 Å². The van der Waals surface area contributed by atoms with Crippen LogP contribution in [0.5, 0.6) is 0 Å². The minimum Gasteiger partial charge on any atom is -0.370 e. The fraction of sp³-hybridized carbons (Fsp3) is 0.222. The number of nitrogens with two attached hydrogens (primary N) is 1. The van der Waals surface area contributed by atoms with E-state index in [9.17, 15) is 9.59 Å². The van der Waals surface area contributed by atoms with Gasteiger partial charge in [0.15, 0.2) is 0 Å². The lowest BCUT2D eigenvalue weighted by atomic mass is 10.1. The van der Waals surface area contributed by atoms with E-state index in [0.717, 1.165) is 11.1 Å². The van der Waals surface area contributed by atoms with Crippen molar-refractivity contribution in [1.82, 2.24) is 4.90 Å². The molecule has 2 N–H and O–H groups in total. The molecule has 0 heterocycles. The quantitative estimate of drug-likeness (QED) is 0.853. The third-order valence-corrected chi connectivity index (χ3v) is 3.37. The highest BCUT2D eigenvalue weighted by Crippen LogP contribution is 2.12. The van der Waals surface area contributed by atoms with E-state index in [1.807, 2.05) is 60.7 Å². The fourth-order valence-electron chi connectivity index (χ4n) is 2.23. The van der Waals surface area contributed by atoms with E-state index < -0.39 is 5.91 Å². The average molecular weight is 296 g/mol. The summed E-state index contributed by atoms with van der Waals surface area (Å²) in [5.74, 6) is -0.515. The maximum absolute atomic E-state index is 12.4. The monoisotopic (exact) mass is 296 g/mol. The largest absolute Gasteiger partial charge is 0.370 e. The molecule has 0 aliphatic carbocycles. The summed E-state index contributed by atoms with van der Waals surface area (Å²) in [5, 5.41) is 0. The second-order valence-corrected chi connectivity index (χ2v) is 5.19. The van der Waals surface area contributed by atoms with E-state index >= 15 is 0 Å². The number of primary amides is 1. The zero-order chi connectivity index (χ0) is 15.8. The molecule has 2 aromatic rings. The number of hydrogen-bond acceptors (Lipinski definition) is 2. The number of carbonyl (C=O) groups excluding carboxylic acids is 2. The Morgan fingerprint density at radius 2 is 1.23 bits per heavy atom. The summed E-state index contributed by atoms with van der Waals surface area (Å²) >= 11 is 0. The highest BCUT2D eigenvalue weighted by molar-refractivity contribution is 5.82. The van der Waals surface area contributed by atoms with Gasteiger partial charge in [0.25, 0.3) is 0 Å². The lowest BCUT2D eigenvalue weighted by Gasteiger charge is -2.23. The molecule has 4 heteroatoms. The van der Waals surface area contributed by atoms with Crippen molar-refractivity contribution in [3.05, 3.63) is 71.8 Å². The average Bonchev–Trinajstić information content (AvgIpc) is 2.54. The van der Waals surface area contributed by atoms with Crippen LogP contribution in [0.3, 0.4) is 0 Å². The van der Waals surface area contributed by atoms with Crippen molar-refractivity contribution in [2.24, 2.45) is 5.73 Å². The first-order valence-electron chi connectivity index (χ1n) is 7.29. The van der Waals surface area contributed by atoms with Gasteiger partial charge in [0.2, 0.25) is 11.8 Å². The Bertz CT molecular complexity index is 570. The van der Waals surface area contributed by atoms with E-state index in [2.05, 4.69) is 0 Å². The van der Waals surface area contributed by atoms with Crippen molar-refractivity contribution in [1.29, 1.82) is 0 Å². The van der Waals surface area contributed by atoms with Gasteiger partial charge in [0.1, 0.15) is 0 Å². The van der Waals surface area contributed by atoms with Gasteiger partial charge in [-0.15, -0.1) is 0 Å². The Hall–Kier alpha value is -2.62. The molecule has 0 atom stereocenters. The minimum absolute atomic E-state index is 0.0634. The third-order valence-electron chi connectivity index (χ3n) is 3.37. The van der Waals surface area contributed by atoms with Crippen LogP contribution in [0.25, 0.3) is 0 Å². The van der Waals surface area contributed by atoms with E-state index in [0.29, 0.717) is 13.1 Å². The first-order chi connectivity index (χ1) is 10.6. The molecule has 0 bridgehead atoms. The van der Waals surface area contributed by atoms with Gasteiger partial charge in [-0.1, -0.05) is 60.7 Å². The maximum Gasteiger partial charge on any atom is 0.223 e. The Labute approximate surface area is 130 Å². The van der Waals surface area contributed by atoms with Gasteiger partial charge in [0.05, 0.1) is 0 Å². The molecule has 0 fully saturated rings. The second-order valence-electron chi connectivity index (χ2n) is 5.19. The van der Waals surface area contributed by atoms with Gasteiger partial charge >= 0.3 is 0 Å². The molecule has 2 aromatic carbocycles. The van der Waals surface area contributed by atoms with Crippen molar-refractivity contribution in [3.63, 3.8) is 0 Å². The molecule has 0 aliphatic rings. The number of carbonyl (C=O) groups is 2. The molecule has 2 rings (SSSR count). The van der Waals surface area contributed by atoms with Crippen molar-refractivity contribution in [2.45, 2.75) is 25.9 Å². The van der Waals surface area contributed by atoms with Crippen LogP contribution >= 0.6 is 0 Å². The molecular formula is C18H20N2O2. The molecule has 22 heavy (non-hydrogen) atoms. The van der Waals surface area contributed by atoms with Crippen molar-refractivity contribution < 1.29 is 9.59 Å². The summed E-state index contributed by atoms with van der Waals surface area (Å²) < 4.78 is 0. The Morgan fingerprint density at radius 1 is 0.773 bits per heavy atom. The van der Waals surface area contributed by atoms with Crippen LogP contribution in [0.1, 0.15) is 24.0 Å². The Balaban J connectivity index is 2.09. The van der Waals surface area contributed by atoms with Crippen LogP contribution in [0.2, 0.25) is 0 Å². The molecule has 114 valence electrons. The summed E-state index contributed by atoms with van der Waals surface area (Å²) in [4.78, 5) is 25.0. The van der Waals surface area contributed by atoms with Crippen LogP contribution < -0.4 is 5.73 Å². The Kier molecular flexibility index (Phi) is 5.72. The standard InChI is InChI=1S/C18H20N2O2/c19-17(21)11-12-18(22)20(13-15-7-3-1-4-8-15)14-16-9-5-2-6-10-16/h1-10H,11-14H2,(H2,19,21). The van der Waals surface area contributed by atoms with Crippen LogP contribution in [0.15, 0.2) is 60.7 Å². The van der Waals surface area contributed by atoms with E-state index in [-0.39, 0.29) is 18.7 Å². The third kappa shape index (κ3) is 5.05. The minimum atomic E-state index is -0.451. The molecule has 0 saturated heterocycles. The van der Waals surface area contributed by atoms with Gasteiger partial charge < -0.3 is 10.6 Å². The molecule has 0 radical (unpaired) electrons. The number of rotatable bonds is 7. The first-order valence-corrected chi connectivity index (χ1v) is 7.29. The van der Waals surface area contributed by atoms with Gasteiger partial charge in [-0.3, -0.25) is 9.59 Å². The van der Waals surface area contributed by atoms with E-state index in [1.165, 1.54) is 0 Å². The van der Waals surface area contributed by atoms with Gasteiger partial charge in [-0.2, -0.15) is 0 Å². The normalized spacial score (nSPS) is 10.2. The SMILES string of the molecule is NC(=O)CCC(=O)N(Cc1ccccc1)Cc1ccccc1. The number of benzene rings is 2. The predicted molar refractivity (Wildman–Crippen MR) is 85.6 cm³/mol. The number of amides is 2. The van der Waals surface area contributed by atoms with Crippen molar-refractivity contribution in [2.75, 3.05) is 0 Å². The molecule has 0 aromatic heterocycles. The van der Waals surface area contributed by atoms with Crippen LogP contribution in [-0.4, -0.2) is 16.7 Å². The smallest absolute Gasteiger partial charge is 0.223 e. The lowest BCUT2D eigenvalue weighted by molar-refractivity contribution is -0.134. The first kappa shape index (κ1) is 15.8. The molecule has 0 saturated carbocycles. The molecule has 2 amide bonds. The zero-order valence-electron chi connectivity index (χ0n) is 12.4. The molecule has 0 aliphatic heterocycles. The van der Waals surface area contributed by atoms with E-state index in [4.69, 9.17) is 5.73 Å². The number of nitrogens with zero attached hydrogens (tertiary/aromatic N) is 1. The summed E-state index contributed by atoms with van der Waals surface area (Å²) in [6.07, 6.45) is 0.230. The van der Waals surface area contributed by atoms with Crippen molar-refractivity contribution in [3.8, 4) is 0 Å². The highest BCUT2D eigenvalue weighted by Gasteiger charge is 2.15. The van der Waals surface area contributed by atoms with Crippen LogP contribution in [0.4, 0.5) is 0 Å². The molecule has 4 nitrogen and oxygen atoms in total. The van der Waals surface area contributed by atoms with Gasteiger partial charge in [0, 0.05) is 25.9 Å². The lowest BCUT2D eigenvalue weighted by Crippen LogP contribution is -2.30. The molecule has 0 unspecified atom stereocenters. The van der Waals surface area contributed by atoms with Crippen LogP contribution in [-0.2, 0) is 22.7 Å². The van der Waals surface area contributed by atoms with E-state index in [1.54, 1.807) is 4.90 Å². The van der Waals surface area contributed by atoms with Gasteiger partial charge in [-0.05, 0) is 11.1 Å². The topological polar surface area (TPSA) is 63.4 Å². The zero-order valence-corrected chi connectivity index (χ0v) is 12.4. The molecule has 0 spiro atoms. The summed E-state index contributed by atoms with van der Waals surface area (Å²) in [5.41, 5.74) is 7.26. The highest BCUT2D eigenvalue weighted by atomic mass is 16.2. The predicted octanol–water partition coefficient (Wildman–Crippen LogP) is 2.48.